The molecule has 0 heterocycles. The van der Waals surface area contributed by atoms with Crippen LogP contribution in [-0.2, 0) is 41.2 Å². The van der Waals surface area contributed by atoms with Crippen molar-refractivity contribution < 1.29 is 82.2 Å². The van der Waals surface area contributed by atoms with Gasteiger partial charge >= 0.3 is 65.9 Å². The van der Waals surface area contributed by atoms with E-state index in [-0.39, 0.29) is 34.7 Å². The van der Waals surface area contributed by atoms with Gasteiger partial charge in [-0.05, 0) is 127 Å². The van der Waals surface area contributed by atoms with Gasteiger partial charge in [-0.25, -0.2) is 41.2 Å². The normalized spacial score (nSPS) is 9.57. The van der Waals surface area contributed by atoms with Crippen LogP contribution in [-0.4, -0.2) is 19.7 Å². The zero-order chi connectivity index (χ0) is 71.8. The Balaban J connectivity index is -0.000000501. The number of carbonyl (C=O) groups is 1. The Kier molecular flexibility index (Phi) is 71.1. The average Bonchev–Trinajstić information content (AvgIpc) is 2.01. The maximum absolute atomic E-state index is 11.6. The van der Waals surface area contributed by atoms with Gasteiger partial charge in [0, 0.05) is 9.13 Å². The third-order valence-electron chi connectivity index (χ3n) is 9.69. The van der Waals surface area contributed by atoms with E-state index in [0.717, 1.165) is 18.8 Å². The Morgan fingerprint density at radius 3 is 0.821 bits per heavy atom. The summed E-state index contributed by atoms with van der Waals surface area (Å²) in [6.45, 7) is 27.3. The van der Waals surface area contributed by atoms with Crippen molar-refractivity contribution in [2.45, 2.75) is 116 Å². The fourth-order valence-corrected chi connectivity index (χ4v) is 8.06. The highest BCUT2D eigenvalue weighted by atomic mass is 31.1. The lowest BCUT2D eigenvalue weighted by molar-refractivity contribution is 0.0600. The topological polar surface area (TPSA) is 229 Å². The summed E-state index contributed by atoms with van der Waals surface area (Å²) in [5.41, 5.74) is 0.428. The molecule has 8 aromatic rings. The maximum Gasteiger partial charge on any atom is 0.805 e. The molecule has 25 heteroatoms. The molecule has 0 spiro atoms. The maximum atomic E-state index is 11.6. The van der Waals surface area contributed by atoms with Gasteiger partial charge in [-0.15, -0.1) is 4.52 Å². The Bertz CT molecular complexity index is 2800. The molecule has 0 amide bonds. The molecule has 18 nitrogen and oxygen atoms in total. The largest absolute Gasteiger partial charge is 0.805 e. The highest BCUT2D eigenvalue weighted by Crippen LogP contribution is 2.31. The highest BCUT2D eigenvalue weighted by Gasteiger charge is 2.25. The summed E-state index contributed by atoms with van der Waals surface area (Å²) in [6.07, 6.45) is 4.55. The molecule has 8 rings (SSSR count). The summed E-state index contributed by atoms with van der Waals surface area (Å²) in [7, 11) is -4.57. The van der Waals surface area contributed by atoms with E-state index in [1.54, 1.807) is 109 Å². The third kappa shape index (κ3) is 58.6. The zero-order valence-electron chi connectivity index (χ0n) is 56.7. The summed E-state index contributed by atoms with van der Waals surface area (Å²) in [5.74, 6) is 5.45. The molecule has 0 bridgehead atoms. The summed E-state index contributed by atoms with van der Waals surface area (Å²) < 4.78 is 121. The molecule has 0 aliphatic heterocycles. The fraction of sp³-hybridized carbons (Fsp3) is 0.300. The van der Waals surface area contributed by atoms with Crippen molar-refractivity contribution in [2.24, 2.45) is 11.8 Å². The number of rotatable bonds is 24. The highest BCUT2D eigenvalue weighted by molar-refractivity contribution is 7.34. The minimum Gasteiger partial charge on any atom is -0.465 e. The van der Waals surface area contributed by atoms with Gasteiger partial charge in [-0.3, -0.25) is 0 Å². The Hall–Kier alpha value is -7.71. The monoisotopic (exact) mass is 1440 g/mol. The van der Waals surface area contributed by atoms with Crippen molar-refractivity contribution >= 4 is 65.9 Å². The first kappa shape index (κ1) is 93.7. The van der Waals surface area contributed by atoms with Crippen molar-refractivity contribution in [3.8, 4) is 46.0 Å². The lowest BCUT2D eigenvalue weighted by Gasteiger charge is -2.09. The number of esters is 1. The molecule has 0 aliphatic rings. The molecule has 2 atom stereocenters. The molecule has 0 aromatic heterocycles. The first-order valence-electron chi connectivity index (χ1n) is 30.5. The van der Waals surface area contributed by atoms with Gasteiger partial charge in [0.15, 0.2) is 17.2 Å². The lowest BCUT2D eigenvalue weighted by Crippen LogP contribution is -2.06. The molecule has 95 heavy (non-hydrogen) atoms. The van der Waals surface area contributed by atoms with Crippen LogP contribution in [0.4, 0.5) is 0 Å². The number of unbranched alkanes of at least 4 members (excludes halogenated alkanes) is 1. The molecule has 0 fully saturated rings. The molecule has 0 aliphatic carbocycles. The van der Waals surface area contributed by atoms with Crippen molar-refractivity contribution in [3.05, 3.63) is 242 Å². The summed E-state index contributed by atoms with van der Waals surface area (Å²) in [5, 5.41) is 0. The van der Waals surface area contributed by atoms with Gasteiger partial charge in [0.25, 0.3) is 0 Å². The minimum absolute atomic E-state index is 0.305. The standard InChI is InChI=1S/C14H22O3P.C12H10O3P.C8H7O4P.4C6H5O2P.C4H10.4C2H6/c1-3-5-9-13(4-2)12-16-18(15)17-14-10-7-6-8-11-14;13-16(14-11-7-3-1-4-8-11)15-12-9-5-2-6-10-12;1-11-8(9)6-2-4-7(5-3-6)12-13-10;4*7-9-8-6-4-2-1-3-5-6;1-4(2)3;4*1-2/h6-8,10-11,13H,3-5,9,12H2,1-2H3;1-10H;2-5H,1H3;4*1-5H;4H,1-3H3;4*1-2H3/q2*+1;;;;;;;;;;. The van der Waals surface area contributed by atoms with Crippen LogP contribution in [0.5, 0.6) is 46.0 Å². The molecule has 2 unspecified atom stereocenters. The number of para-hydroxylation sites is 7. The van der Waals surface area contributed by atoms with Crippen LogP contribution in [0.2, 0.25) is 0 Å². The van der Waals surface area contributed by atoms with Crippen LogP contribution in [0.1, 0.15) is 126 Å². The smallest absolute Gasteiger partial charge is 0.465 e. The van der Waals surface area contributed by atoms with Gasteiger partial charge in [0.05, 0.1) is 12.7 Å². The molecular weight excluding hydrogens is 1350 g/mol. The fourth-order valence-electron chi connectivity index (χ4n) is 5.72. The molecule has 0 N–H and O–H groups in total. The number of benzene rings is 8. The van der Waals surface area contributed by atoms with Crippen molar-refractivity contribution in [2.75, 3.05) is 13.7 Å². The zero-order valence-corrected chi connectivity index (χ0v) is 62.9. The Labute approximate surface area is 574 Å². The van der Waals surface area contributed by atoms with Crippen LogP contribution >= 0.6 is 59.9 Å². The van der Waals surface area contributed by atoms with Crippen LogP contribution < -0.4 is 36.2 Å². The second kappa shape index (κ2) is 72.1. The van der Waals surface area contributed by atoms with E-state index in [4.69, 9.17) is 18.1 Å². The predicted octanol–water partition coefficient (Wildman–Crippen LogP) is 25.7. The van der Waals surface area contributed by atoms with E-state index in [9.17, 15) is 36.7 Å². The quantitative estimate of drug-likeness (QED) is 0.0404. The molecule has 0 radical (unpaired) electrons. The first-order valence-corrected chi connectivity index (χ1v) is 36.3. The van der Waals surface area contributed by atoms with Gasteiger partial charge in [0.2, 0.25) is 0 Å². The number of hydrogen-bond donors (Lipinski definition) is 0. The minimum atomic E-state index is -2.18. The molecule has 0 saturated carbocycles. The van der Waals surface area contributed by atoms with Crippen LogP contribution in [0.3, 0.4) is 0 Å². The second-order valence-electron chi connectivity index (χ2n) is 17.2. The van der Waals surface area contributed by atoms with Gasteiger partial charge in [-0.1, -0.05) is 237 Å². The van der Waals surface area contributed by atoms with Crippen molar-refractivity contribution in [1.29, 1.82) is 0 Å². The molecular formula is C70H93O18P7+2. The van der Waals surface area contributed by atoms with Gasteiger partial charge < -0.3 is 27.4 Å². The Morgan fingerprint density at radius 1 is 0.368 bits per heavy atom. The van der Waals surface area contributed by atoms with E-state index in [1.165, 1.54) is 44.2 Å². The number of ether oxygens (including phenoxy) is 1. The molecule has 0 saturated heterocycles. The summed E-state index contributed by atoms with van der Waals surface area (Å²) >= 11 is 0. The third-order valence-corrected chi connectivity index (χ3v) is 12.6. The average molecular weight is 1440 g/mol. The lowest BCUT2D eigenvalue weighted by atomic mass is 10.0. The SMILES string of the molecule is CC.CC.CC.CC.CC(C)C.CCCCC(CC)CO[P+](=O)Oc1ccccc1.COC(=O)c1ccc(OP=O)cc1.O=POc1ccccc1.O=POc1ccccc1.O=POc1ccccc1.O=POc1ccccc1.O=[P+](Oc1ccccc1)Oc1ccccc1. The van der Waals surface area contributed by atoms with E-state index in [1.807, 2.05) is 159 Å². The van der Waals surface area contributed by atoms with Crippen LogP contribution in [0, 0.1) is 11.8 Å². The number of carbonyl (C=O) groups excluding carboxylic acids is 1. The van der Waals surface area contributed by atoms with Crippen molar-refractivity contribution in [1.82, 2.24) is 0 Å². The Morgan fingerprint density at radius 2 is 0.600 bits per heavy atom. The summed E-state index contributed by atoms with van der Waals surface area (Å²) in [6, 6.07) is 69.1. The van der Waals surface area contributed by atoms with E-state index in [0.29, 0.717) is 64.1 Å². The van der Waals surface area contributed by atoms with E-state index < -0.39 is 31.2 Å². The van der Waals surface area contributed by atoms with E-state index >= 15 is 0 Å². The number of hydrogen-bond acceptors (Lipinski definition) is 18. The molecule has 514 valence electrons. The van der Waals surface area contributed by atoms with Crippen LogP contribution in [0.25, 0.3) is 0 Å². The first-order chi connectivity index (χ1) is 46.3. The van der Waals surface area contributed by atoms with E-state index in [2.05, 4.69) is 62.0 Å². The van der Waals surface area contributed by atoms with Crippen LogP contribution in [0.15, 0.2) is 237 Å². The van der Waals surface area contributed by atoms with Gasteiger partial charge in [0.1, 0.15) is 35.4 Å². The van der Waals surface area contributed by atoms with Gasteiger partial charge in [-0.2, -0.15) is 0 Å². The number of methoxy groups -OCH3 is 1. The summed E-state index contributed by atoms with van der Waals surface area (Å²) in [4.78, 5) is 11.0. The van der Waals surface area contributed by atoms with Crippen molar-refractivity contribution in [3.63, 3.8) is 0 Å². The predicted molar refractivity (Wildman–Crippen MR) is 386 cm³/mol. The second-order valence-corrected chi connectivity index (χ2v) is 20.6. The molecule has 8 aromatic carbocycles.